The molecule has 0 fully saturated rings. The van der Waals surface area contributed by atoms with Gasteiger partial charge in [0.05, 0.1) is 6.61 Å². The summed E-state index contributed by atoms with van der Waals surface area (Å²) >= 11 is 12.0. The van der Waals surface area contributed by atoms with Crippen molar-refractivity contribution in [2.45, 2.75) is 25.8 Å². The van der Waals surface area contributed by atoms with Gasteiger partial charge in [0.25, 0.3) is 0 Å². The molecule has 0 aliphatic heterocycles. The fraction of sp³-hybridized carbons (Fsp3) is 0.500. The number of rotatable bonds is 7. The Morgan fingerprint density at radius 3 is 2.85 bits per heavy atom. The molecule has 0 saturated heterocycles. The molecule has 6 heteroatoms. The summed E-state index contributed by atoms with van der Waals surface area (Å²) in [7, 11) is 1.65. The first kappa shape index (κ1) is 17.1. The van der Waals surface area contributed by atoms with Crippen LogP contribution in [0.3, 0.4) is 0 Å². The Labute approximate surface area is 130 Å². The van der Waals surface area contributed by atoms with Crippen molar-refractivity contribution in [3.8, 4) is 0 Å². The minimum atomic E-state index is 0.148. The van der Waals surface area contributed by atoms with E-state index in [1.807, 2.05) is 19.1 Å². The molecule has 3 N–H and O–H groups in total. The van der Waals surface area contributed by atoms with E-state index in [9.17, 15) is 0 Å². The maximum atomic E-state index is 6.10. The van der Waals surface area contributed by atoms with Crippen LogP contribution in [0.25, 0.3) is 0 Å². The van der Waals surface area contributed by atoms with Crippen molar-refractivity contribution in [1.82, 2.24) is 5.32 Å². The Bertz CT molecular complexity index is 452. The van der Waals surface area contributed by atoms with Gasteiger partial charge in [-0.15, -0.1) is 0 Å². The molecule has 112 valence electrons. The Morgan fingerprint density at radius 1 is 1.45 bits per heavy atom. The van der Waals surface area contributed by atoms with Crippen LogP contribution in [-0.2, 0) is 11.2 Å². The van der Waals surface area contributed by atoms with Crippen LogP contribution in [-0.4, -0.2) is 32.3 Å². The first-order chi connectivity index (χ1) is 9.52. The predicted octanol–water partition coefficient (Wildman–Crippen LogP) is 2.87. The normalized spacial score (nSPS) is 13.3. The molecule has 1 rings (SSSR count). The lowest BCUT2D eigenvalue weighted by molar-refractivity contribution is 0.179. The molecular formula is C14H21Cl2N3O. The molecule has 0 bridgehead atoms. The summed E-state index contributed by atoms with van der Waals surface area (Å²) in [6.07, 6.45) is 1.72. The van der Waals surface area contributed by atoms with Gasteiger partial charge < -0.3 is 15.8 Å². The minimum absolute atomic E-state index is 0.148. The Hall–Kier alpha value is -0.970. The average Bonchev–Trinajstić information content (AvgIpc) is 2.36. The fourth-order valence-electron chi connectivity index (χ4n) is 1.78. The summed E-state index contributed by atoms with van der Waals surface area (Å²) in [6.45, 7) is 3.23. The van der Waals surface area contributed by atoms with Gasteiger partial charge in [-0.2, -0.15) is 0 Å². The summed E-state index contributed by atoms with van der Waals surface area (Å²) in [4.78, 5) is 4.27. The summed E-state index contributed by atoms with van der Waals surface area (Å²) < 4.78 is 5.01. The van der Waals surface area contributed by atoms with E-state index in [1.165, 1.54) is 0 Å². The second-order valence-corrected chi connectivity index (χ2v) is 5.45. The molecule has 0 spiro atoms. The first-order valence-electron chi connectivity index (χ1n) is 6.52. The van der Waals surface area contributed by atoms with Gasteiger partial charge in [-0.25, -0.2) is 0 Å². The molecule has 0 aliphatic rings. The zero-order chi connectivity index (χ0) is 15.0. The van der Waals surface area contributed by atoms with Crippen LogP contribution < -0.4 is 11.1 Å². The molecule has 1 aromatic rings. The van der Waals surface area contributed by atoms with Crippen molar-refractivity contribution in [2.75, 3.05) is 20.3 Å². The number of benzene rings is 1. The van der Waals surface area contributed by atoms with E-state index in [-0.39, 0.29) is 6.04 Å². The second-order valence-electron chi connectivity index (χ2n) is 4.61. The molecule has 0 saturated carbocycles. The molecule has 0 aliphatic carbocycles. The maximum absolute atomic E-state index is 6.10. The first-order valence-corrected chi connectivity index (χ1v) is 7.28. The average molecular weight is 318 g/mol. The van der Waals surface area contributed by atoms with Gasteiger partial charge in [0, 0.05) is 29.7 Å². The van der Waals surface area contributed by atoms with E-state index in [0.29, 0.717) is 29.2 Å². The quantitative estimate of drug-likeness (QED) is 0.462. The molecule has 1 aromatic carbocycles. The van der Waals surface area contributed by atoms with Crippen molar-refractivity contribution in [2.24, 2.45) is 10.7 Å². The van der Waals surface area contributed by atoms with Crippen LogP contribution >= 0.6 is 23.2 Å². The third-order valence-corrected chi connectivity index (χ3v) is 3.30. The number of nitrogens with zero attached hydrogens (tertiary/aromatic N) is 1. The van der Waals surface area contributed by atoms with E-state index >= 15 is 0 Å². The van der Waals surface area contributed by atoms with Crippen molar-refractivity contribution in [3.05, 3.63) is 33.8 Å². The van der Waals surface area contributed by atoms with E-state index in [1.54, 1.807) is 13.2 Å². The summed E-state index contributed by atoms with van der Waals surface area (Å²) in [5, 5.41) is 4.40. The highest BCUT2D eigenvalue weighted by atomic mass is 35.5. The lowest BCUT2D eigenvalue weighted by Crippen LogP contribution is -2.40. The lowest BCUT2D eigenvalue weighted by atomic mass is 10.1. The molecule has 4 nitrogen and oxygen atoms in total. The number of halogens is 2. The molecule has 1 atom stereocenters. The largest absolute Gasteiger partial charge is 0.383 e. The molecule has 0 aromatic heterocycles. The van der Waals surface area contributed by atoms with Gasteiger partial charge in [0.1, 0.15) is 0 Å². The van der Waals surface area contributed by atoms with Crippen LogP contribution in [0.4, 0.5) is 0 Å². The van der Waals surface area contributed by atoms with Crippen LogP contribution in [0.15, 0.2) is 23.2 Å². The lowest BCUT2D eigenvalue weighted by Gasteiger charge is -2.13. The highest BCUT2D eigenvalue weighted by Gasteiger charge is 2.02. The second kappa shape index (κ2) is 9.06. The number of aliphatic imine (C=N–C) groups is 1. The Morgan fingerprint density at radius 2 is 2.20 bits per heavy atom. The molecule has 0 radical (unpaired) electrons. The smallest absolute Gasteiger partial charge is 0.188 e. The van der Waals surface area contributed by atoms with E-state index in [0.717, 1.165) is 18.4 Å². The number of guanidine groups is 1. The standard InChI is InChI=1S/C14H21Cl2N3O/c1-10(9-20-2)19-14(17)18-7-3-4-11-5-6-12(15)8-13(11)16/h5-6,8,10H,3-4,7,9H2,1-2H3,(H3,17,18,19). The summed E-state index contributed by atoms with van der Waals surface area (Å²) in [6, 6.07) is 5.68. The predicted molar refractivity (Wildman–Crippen MR) is 85.7 cm³/mol. The number of nitrogens with one attached hydrogen (secondary N) is 1. The van der Waals surface area contributed by atoms with E-state index in [4.69, 9.17) is 33.7 Å². The minimum Gasteiger partial charge on any atom is -0.383 e. The zero-order valence-electron chi connectivity index (χ0n) is 11.8. The van der Waals surface area contributed by atoms with Gasteiger partial charge in [0.15, 0.2) is 5.96 Å². The van der Waals surface area contributed by atoms with E-state index < -0.39 is 0 Å². The highest BCUT2D eigenvalue weighted by molar-refractivity contribution is 6.35. The SMILES string of the molecule is COCC(C)NC(N)=NCCCc1ccc(Cl)cc1Cl. The third-order valence-electron chi connectivity index (χ3n) is 2.71. The summed E-state index contributed by atoms with van der Waals surface area (Å²) in [5.74, 6) is 0.441. The fourth-order valence-corrected chi connectivity index (χ4v) is 2.29. The number of hydrogen-bond acceptors (Lipinski definition) is 2. The van der Waals surface area contributed by atoms with Crippen molar-refractivity contribution in [3.63, 3.8) is 0 Å². The Balaban J connectivity index is 2.33. The van der Waals surface area contributed by atoms with Gasteiger partial charge in [-0.3, -0.25) is 4.99 Å². The number of nitrogens with two attached hydrogens (primary N) is 1. The van der Waals surface area contributed by atoms with Crippen LogP contribution in [0, 0.1) is 0 Å². The maximum Gasteiger partial charge on any atom is 0.188 e. The van der Waals surface area contributed by atoms with Crippen LogP contribution in [0.2, 0.25) is 10.0 Å². The van der Waals surface area contributed by atoms with Crippen LogP contribution in [0.5, 0.6) is 0 Å². The number of hydrogen-bond donors (Lipinski definition) is 2. The van der Waals surface area contributed by atoms with Crippen molar-refractivity contribution < 1.29 is 4.74 Å². The van der Waals surface area contributed by atoms with E-state index in [2.05, 4.69) is 10.3 Å². The number of aryl methyl sites for hydroxylation is 1. The third kappa shape index (κ3) is 6.46. The molecule has 1 unspecified atom stereocenters. The molecule has 0 amide bonds. The van der Waals surface area contributed by atoms with Crippen molar-refractivity contribution in [1.29, 1.82) is 0 Å². The Kier molecular flexibility index (Phi) is 7.73. The number of methoxy groups -OCH3 is 1. The van der Waals surface area contributed by atoms with Gasteiger partial charge >= 0.3 is 0 Å². The highest BCUT2D eigenvalue weighted by Crippen LogP contribution is 2.21. The van der Waals surface area contributed by atoms with Crippen molar-refractivity contribution >= 4 is 29.2 Å². The van der Waals surface area contributed by atoms with Gasteiger partial charge in [-0.1, -0.05) is 29.3 Å². The summed E-state index contributed by atoms with van der Waals surface area (Å²) in [5.41, 5.74) is 6.85. The zero-order valence-corrected chi connectivity index (χ0v) is 13.3. The molecule has 20 heavy (non-hydrogen) atoms. The molecular weight excluding hydrogens is 297 g/mol. The van der Waals surface area contributed by atoms with Gasteiger partial charge in [0.2, 0.25) is 0 Å². The monoisotopic (exact) mass is 317 g/mol. The number of ether oxygens (including phenoxy) is 1. The van der Waals surface area contributed by atoms with Crippen LogP contribution in [0.1, 0.15) is 18.9 Å². The topological polar surface area (TPSA) is 59.6 Å². The van der Waals surface area contributed by atoms with Gasteiger partial charge in [-0.05, 0) is 37.5 Å². The molecule has 0 heterocycles.